The molecule has 6 heteroatoms. The Balaban J connectivity index is 1.59. The number of para-hydroxylation sites is 1. The molecule has 0 radical (unpaired) electrons. The highest BCUT2D eigenvalue weighted by Crippen LogP contribution is 2.20. The van der Waals surface area contributed by atoms with Crippen LogP contribution in [-0.2, 0) is 10.0 Å². The second kappa shape index (κ2) is 7.59. The Morgan fingerprint density at radius 1 is 1.29 bits per heavy atom. The zero-order chi connectivity index (χ0) is 17.0. The van der Waals surface area contributed by atoms with Crippen molar-refractivity contribution in [3.63, 3.8) is 0 Å². The van der Waals surface area contributed by atoms with Gasteiger partial charge in [0, 0.05) is 24.7 Å². The number of nitrogens with one attached hydrogen (secondary N) is 1. The van der Waals surface area contributed by atoms with Crippen LogP contribution in [-0.4, -0.2) is 44.5 Å². The first-order valence-corrected chi connectivity index (χ1v) is 10.1. The van der Waals surface area contributed by atoms with Gasteiger partial charge >= 0.3 is 0 Å². The van der Waals surface area contributed by atoms with Crippen LogP contribution >= 0.6 is 0 Å². The van der Waals surface area contributed by atoms with Gasteiger partial charge < -0.3 is 4.90 Å². The molecule has 1 unspecified atom stereocenters. The molecular formula is C18H25N3O2S. The van der Waals surface area contributed by atoms with E-state index in [1.54, 1.807) is 18.3 Å². The highest BCUT2D eigenvalue weighted by molar-refractivity contribution is 7.89. The van der Waals surface area contributed by atoms with E-state index in [1.165, 1.54) is 12.8 Å². The van der Waals surface area contributed by atoms with E-state index in [2.05, 4.69) is 21.5 Å². The topological polar surface area (TPSA) is 62.3 Å². The van der Waals surface area contributed by atoms with Crippen molar-refractivity contribution < 1.29 is 8.42 Å². The predicted molar refractivity (Wildman–Crippen MR) is 96.4 cm³/mol. The summed E-state index contributed by atoms with van der Waals surface area (Å²) in [6, 6.07) is 8.93. The fourth-order valence-corrected chi connectivity index (χ4v) is 4.62. The highest BCUT2D eigenvalue weighted by atomic mass is 32.2. The summed E-state index contributed by atoms with van der Waals surface area (Å²) in [6.45, 7) is 5.93. The van der Waals surface area contributed by atoms with Gasteiger partial charge in [0.2, 0.25) is 10.0 Å². The minimum absolute atomic E-state index is 0.257. The van der Waals surface area contributed by atoms with E-state index in [0.29, 0.717) is 12.1 Å². The van der Waals surface area contributed by atoms with Crippen LogP contribution < -0.4 is 4.72 Å². The van der Waals surface area contributed by atoms with E-state index >= 15 is 0 Å². The molecule has 2 aromatic rings. The third kappa shape index (κ3) is 4.12. The minimum Gasteiger partial charge on any atom is -0.303 e. The molecule has 1 N–H and O–H groups in total. The summed E-state index contributed by atoms with van der Waals surface area (Å²) < 4.78 is 27.9. The lowest BCUT2D eigenvalue weighted by Crippen LogP contribution is -2.36. The first kappa shape index (κ1) is 17.3. The van der Waals surface area contributed by atoms with E-state index in [-0.39, 0.29) is 4.90 Å². The summed E-state index contributed by atoms with van der Waals surface area (Å²) in [5.41, 5.74) is 0.525. The van der Waals surface area contributed by atoms with Crippen molar-refractivity contribution in [2.45, 2.75) is 31.1 Å². The minimum atomic E-state index is -3.53. The Labute approximate surface area is 144 Å². The zero-order valence-corrected chi connectivity index (χ0v) is 14.9. The second-order valence-corrected chi connectivity index (χ2v) is 8.37. The first-order valence-electron chi connectivity index (χ1n) is 8.62. The van der Waals surface area contributed by atoms with Crippen LogP contribution in [0.4, 0.5) is 0 Å². The molecule has 24 heavy (non-hydrogen) atoms. The molecule has 1 aliphatic rings. The molecule has 1 atom stereocenters. The Morgan fingerprint density at radius 2 is 2.12 bits per heavy atom. The van der Waals surface area contributed by atoms with Crippen LogP contribution in [0.5, 0.6) is 0 Å². The first-order chi connectivity index (χ1) is 11.6. The molecule has 0 aliphatic carbocycles. The monoisotopic (exact) mass is 347 g/mol. The largest absolute Gasteiger partial charge is 0.303 e. The lowest BCUT2D eigenvalue weighted by atomic mass is 10.0. The second-order valence-electron chi connectivity index (χ2n) is 6.63. The van der Waals surface area contributed by atoms with Gasteiger partial charge in [0.15, 0.2) is 0 Å². The number of pyridine rings is 1. The van der Waals surface area contributed by atoms with Gasteiger partial charge in [0.05, 0.1) is 5.52 Å². The average molecular weight is 347 g/mol. The maximum Gasteiger partial charge on any atom is 0.242 e. The maximum absolute atomic E-state index is 12.6. The summed E-state index contributed by atoms with van der Waals surface area (Å²) in [5, 5.41) is 0.836. The van der Waals surface area contributed by atoms with Gasteiger partial charge in [-0.2, -0.15) is 0 Å². The number of rotatable bonds is 6. The van der Waals surface area contributed by atoms with Crippen LogP contribution in [0, 0.1) is 5.92 Å². The van der Waals surface area contributed by atoms with Gasteiger partial charge in [-0.15, -0.1) is 0 Å². The van der Waals surface area contributed by atoms with Crippen molar-refractivity contribution in [1.29, 1.82) is 0 Å². The normalized spacial score (nSPS) is 19.6. The Kier molecular flexibility index (Phi) is 5.48. The number of piperidine rings is 1. The van der Waals surface area contributed by atoms with E-state index in [4.69, 9.17) is 0 Å². The molecule has 1 fully saturated rings. The summed E-state index contributed by atoms with van der Waals surface area (Å²) >= 11 is 0. The van der Waals surface area contributed by atoms with Crippen molar-refractivity contribution in [3.05, 3.63) is 36.5 Å². The highest BCUT2D eigenvalue weighted by Gasteiger charge is 2.19. The van der Waals surface area contributed by atoms with Crippen LogP contribution in [0.25, 0.3) is 10.9 Å². The Hall–Kier alpha value is -1.50. The van der Waals surface area contributed by atoms with Crippen molar-refractivity contribution in [1.82, 2.24) is 14.6 Å². The van der Waals surface area contributed by atoms with E-state index in [9.17, 15) is 8.42 Å². The summed E-state index contributed by atoms with van der Waals surface area (Å²) in [6.07, 6.45) is 4.99. The number of benzene rings is 1. The standard InChI is InChI=1S/C18H25N3O2S/c1-15-6-4-12-21(14-15)13-5-11-20-24(22,23)17-9-2-7-16-8-3-10-19-18(16)17/h2-3,7-10,15,20H,4-6,11-14H2,1H3. The van der Waals surface area contributed by atoms with Gasteiger partial charge in [-0.3, -0.25) is 4.98 Å². The molecule has 2 heterocycles. The summed E-state index contributed by atoms with van der Waals surface area (Å²) in [7, 11) is -3.53. The van der Waals surface area contributed by atoms with Crippen molar-refractivity contribution >= 4 is 20.9 Å². The molecule has 1 aromatic carbocycles. The van der Waals surface area contributed by atoms with Crippen LogP contribution in [0.2, 0.25) is 0 Å². The van der Waals surface area contributed by atoms with Gasteiger partial charge in [-0.05, 0) is 50.4 Å². The summed E-state index contributed by atoms with van der Waals surface area (Å²) in [4.78, 5) is 6.92. The third-order valence-electron chi connectivity index (χ3n) is 4.57. The van der Waals surface area contributed by atoms with Crippen LogP contribution in [0.15, 0.2) is 41.4 Å². The van der Waals surface area contributed by atoms with Gasteiger partial charge in [0.25, 0.3) is 0 Å². The molecule has 0 bridgehead atoms. The molecule has 130 valence electrons. The van der Waals surface area contributed by atoms with Crippen molar-refractivity contribution in [3.8, 4) is 0 Å². The van der Waals surface area contributed by atoms with Gasteiger partial charge in [-0.25, -0.2) is 13.1 Å². The molecule has 1 saturated heterocycles. The number of aromatic nitrogens is 1. The van der Waals surface area contributed by atoms with E-state index in [0.717, 1.165) is 37.4 Å². The van der Waals surface area contributed by atoms with Gasteiger partial charge in [-0.1, -0.05) is 25.1 Å². The number of fused-ring (bicyclic) bond motifs is 1. The fraction of sp³-hybridized carbons (Fsp3) is 0.500. The molecule has 5 nitrogen and oxygen atoms in total. The number of likely N-dealkylation sites (tertiary alicyclic amines) is 1. The number of nitrogens with zero attached hydrogens (tertiary/aromatic N) is 2. The molecule has 0 saturated carbocycles. The lowest BCUT2D eigenvalue weighted by molar-refractivity contribution is 0.182. The number of sulfonamides is 1. The third-order valence-corrected chi connectivity index (χ3v) is 6.06. The molecule has 1 aromatic heterocycles. The zero-order valence-electron chi connectivity index (χ0n) is 14.1. The molecule has 3 rings (SSSR count). The van der Waals surface area contributed by atoms with Gasteiger partial charge in [0.1, 0.15) is 4.90 Å². The lowest BCUT2D eigenvalue weighted by Gasteiger charge is -2.30. The van der Waals surface area contributed by atoms with Crippen LogP contribution in [0.1, 0.15) is 26.2 Å². The van der Waals surface area contributed by atoms with Crippen molar-refractivity contribution in [2.24, 2.45) is 5.92 Å². The average Bonchev–Trinajstić information content (AvgIpc) is 2.58. The molecule has 0 amide bonds. The summed E-state index contributed by atoms with van der Waals surface area (Å²) in [5.74, 6) is 0.747. The van der Waals surface area contributed by atoms with E-state index < -0.39 is 10.0 Å². The van der Waals surface area contributed by atoms with E-state index in [1.807, 2.05) is 18.2 Å². The molecule has 0 spiro atoms. The fourth-order valence-electron chi connectivity index (χ4n) is 3.37. The Morgan fingerprint density at radius 3 is 2.96 bits per heavy atom. The predicted octanol–water partition coefficient (Wildman–Crippen LogP) is 2.64. The van der Waals surface area contributed by atoms with Crippen molar-refractivity contribution in [2.75, 3.05) is 26.2 Å². The van der Waals surface area contributed by atoms with Crippen LogP contribution in [0.3, 0.4) is 0 Å². The maximum atomic E-state index is 12.6. The smallest absolute Gasteiger partial charge is 0.242 e. The quantitative estimate of drug-likeness (QED) is 0.816. The number of hydrogen-bond acceptors (Lipinski definition) is 4. The SMILES string of the molecule is CC1CCCN(CCCNS(=O)(=O)c2cccc3cccnc23)C1. The molecular weight excluding hydrogens is 322 g/mol. The Bertz CT molecular complexity index is 786. The molecule has 1 aliphatic heterocycles. The number of hydrogen-bond donors (Lipinski definition) is 1.